The maximum Gasteiger partial charge on any atom is 0.284 e. The molecule has 2 aliphatic heterocycles. The minimum atomic E-state index is -0.749. The Hall–Kier alpha value is -4.04. The van der Waals surface area contributed by atoms with Crippen molar-refractivity contribution >= 4 is 11.8 Å². The summed E-state index contributed by atoms with van der Waals surface area (Å²) in [6.07, 6.45) is 0.636. The first-order valence-corrected chi connectivity index (χ1v) is 11.9. The Labute approximate surface area is 210 Å². The van der Waals surface area contributed by atoms with Crippen LogP contribution >= 0.6 is 0 Å². The van der Waals surface area contributed by atoms with E-state index in [-0.39, 0.29) is 29.8 Å². The van der Waals surface area contributed by atoms with E-state index in [0.717, 1.165) is 16.7 Å². The molecule has 186 valence electrons. The molecule has 0 aromatic heterocycles. The third-order valence-electron chi connectivity index (χ3n) is 7.05. The molecule has 0 saturated heterocycles. The summed E-state index contributed by atoms with van der Waals surface area (Å²) < 4.78 is 17.2. The van der Waals surface area contributed by atoms with Gasteiger partial charge >= 0.3 is 0 Å². The van der Waals surface area contributed by atoms with Gasteiger partial charge < -0.3 is 29.7 Å². The molecule has 2 amide bonds. The minimum absolute atomic E-state index is 0.0104. The van der Waals surface area contributed by atoms with Crippen LogP contribution in [0.2, 0.25) is 0 Å². The second-order valence-electron chi connectivity index (χ2n) is 9.46. The van der Waals surface area contributed by atoms with Crippen LogP contribution in [0.15, 0.2) is 66.7 Å². The van der Waals surface area contributed by atoms with Crippen LogP contribution in [0, 0.1) is 0 Å². The maximum atomic E-state index is 14.3. The van der Waals surface area contributed by atoms with Crippen LogP contribution in [0.4, 0.5) is 0 Å². The van der Waals surface area contributed by atoms with Crippen molar-refractivity contribution in [3.05, 3.63) is 89.0 Å². The molecule has 0 spiro atoms. The molecule has 2 atom stereocenters. The van der Waals surface area contributed by atoms with Gasteiger partial charge in [-0.3, -0.25) is 9.59 Å². The third kappa shape index (κ3) is 4.24. The monoisotopic (exact) mass is 488 g/mol. The molecule has 2 aliphatic rings. The fraction of sp³-hybridized carbons (Fsp3) is 0.286. The summed E-state index contributed by atoms with van der Waals surface area (Å²) in [5, 5.41) is 3.27. The lowest BCUT2D eigenvalue weighted by atomic mass is 9.87. The van der Waals surface area contributed by atoms with E-state index in [1.807, 2.05) is 73.8 Å². The van der Waals surface area contributed by atoms with Crippen molar-refractivity contribution in [1.29, 1.82) is 0 Å². The van der Waals surface area contributed by atoms with Crippen molar-refractivity contribution in [1.82, 2.24) is 5.32 Å². The second kappa shape index (κ2) is 9.54. The fourth-order valence-corrected chi connectivity index (χ4v) is 5.42. The molecule has 3 aromatic carbocycles. The van der Waals surface area contributed by atoms with Crippen LogP contribution in [-0.2, 0) is 16.0 Å². The van der Waals surface area contributed by atoms with Gasteiger partial charge in [0.15, 0.2) is 24.1 Å². The highest BCUT2D eigenvalue weighted by atomic mass is 16.7. The Bertz CT molecular complexity index is 1240. The number of fused-ring (bicyclic) bond motifs is 2. The average Bonchev–Trinajstić information content (AvgIpc) is 3.34. The highest BCUT2D eigenvalue weighted by molar-refractivity contribution is 5.86. The topological polar surface area (TPSA) is 99.9 Å². The van der Waals surface area contributed by atoms with Gasteiger partial charge in [0, 0.05) is 6.42 Å². The van der Waals surface area contributed by atoms with Crippen LogP contribution in [0.5, 0.6) is 17.2 Å². The van der Waals surface area contributed by atoms with Crippen LogP contribution in [-0.4, -0.2) is 50.3 Å². The summed E-state index contributed by atoms with van der Waals surface area (Å²) in [7, 11) is 3.44. The smallest absolute Gasteiger partial charge is 0.284 e. The van der Waals surface area contributed by atoms with Crippen LogP contribution in [0.3, 0.4) is 0 Å². The summed E-state index contributed by atoms with van der Waals surface area (Å²) >= 11 is 0. The van der Waals surface area contributed by atoms with Gasteiger partial charge in [0.25, 0.3) is 11.8 Å². The Morgan fingerprint density at radius 1 is 1.08 bits per heavy atom. The number of ether oxygens (including phenoxy) is 3. The first-order valence-electron chi connectivity index (χ1n) is 11.9. The zero-order valence-corrected chi connectivity index (χ0v) is 20.4. The zero-order valence-electron chi connectivity index (χ0n) is 20.4. The number of primary amides is 1. The average molecular weight is 489 g/mol. The van der Waals surface area contributed by atoms with Gasteiger partial charge in [-0.1, -0.05) is 60.7 Å². The molecule has 3 aromatic rings. The van der Waals surface area contributed by atoms with Crippen molar-refractivity contribution < 1.29 is 28.3 Å². The third-order valence-corrected chi connectivity index (χ3v) is 7.05. The summed E-state index contributed by atoms with van der Waals surface area (Å²) in [6, 6.07) is 20.4. The standard InChI is InChI=1S/C28H29N3O5/c1-31(16-22(29)32)14-13-20-15-21-26(36-17-35-21)27(34-2)23(20)25(31)28(33)30-24(18-9-5-3-6-10-18)19-11-7-4-8-12-19/h3-12,15,24-25H,13-14,16-17H2,1-2H3,(H2-,29,30,32,33)/p+1. The van der Waals surface area contributed by atoms with Crippen molar-refractivity contribution in [3.63, 3.8) is 0 Å². The van der Waals surface area contributed by atoms with Gasteiger partial charge in [-0.15, -0.1) is 0 Å². The number of carbonyl (C=O) groups excluding carboxylic acids is 2. The Morgan fingerprint density at radius 2 is 1.72 bits per heavy atom. The number of nitrogens with two attached hydrogens (primary N) is 1. The van der Waals surface area contributed by atoms with Crippen molar-refractivity contribution in [2.75, 3.05) is 34.0 Å². The quantitative estimate of drug-likeness (QED) is 0.498. The van der Waals surface area contributed by atoms with E-state index >= 15 is 0 Å². The first-order chi connectivity index (χ1) is 17.4. The molecule has 0 saturated carbocycles. The molecule has 0 radical (unpaired) electrons. The lowest BCUT2D eigenvalue weighted by molar-refractivity contribution is -0.924. The van der Waals surface area contributed by atoms with E-state index in [1.165, 1.54) is 0 Å². The number of benzene rings is 3. The van der Waals surface area contributed by atoms with Gasteiger partial charge in [0.05, 0.1) is 32.3 Å². The van der Waals surface area contributed by atoms with Crippen molar-refractivity contribution in [3.8, 4) is 17.2 Å². The van der Waals surface area contributed by atoms with Crippen molar-refractivity contribution in [2.24, 2.45) is 5.73 Å². The number of rotatable bonds is 7. The SMILES string of the molecule is COc1c2c(cc3c1C(C(=O)NC(c1ccccc1)c1ccccc1)[N+](C)(CC(N)=O)CC3)OCO2. The van der Waals surface area contributed by atoms with E-state index in [4.69, 9.17) is 19.9 Å². The van der Waals surface area contributed by atoms with E-state index < -0.39 is 11.9 Å². The van der Waals surface area contributed by atoms with E-state index in [0.29, 0.717) is 35.8 Å². The highest BCUT2D eigenvalue weighted by Crippen LogP contribution is 2.51. The van der Waals surface area contributed by atoms with Crippen LogP contribution < -0.4 is 25.3 Å². The second-order valence-corrected chi connectivity index (χ2v) is 9.46. The number of nitrogens with one attached hydrogen (secondary N) is 1. The molecule has 3 N–H and O–H groups in total. The maximum absolute atomic E-state index is 14.3. The normalized spacial score (nSPS) is 20.0. The van der Waals surface area contributed by atoms with Gasteiger partial charge in [-0.05, 0) is 22.8 Å². The molecule has 36 heavy (non-hydrogen) atoms. The molecule has 8 nitrogen and oxygen atoms in total. The number of nitrogens with zero attached hydrogens (tertiary/aromatic N) is 1. The molecule has 2 heterocycles. The predicted octanol–water partition coefficient (Wildman–Crippen LogP) is 2.86. The predicted molar refractivity (Wildman–Crippen MR) is 134 cm³/mol. The van der Waals surface area contributed by atoms with Gasteiger partial charge in [0.2, 0.25) is 12.5 Å². The largest absolute Gasteiger partial charge is 0.492 e. The molecule has 0 aliphatic carbocycles. The summed E-state index contributed by atoms with van der Waals surface area (Å²) in [6.45, 7) is 0.650. The van der Waals surface area contributed by atoms with Crippen LogP contribution in [0.25, 0.3) is 0 Å². The summed E-state index contributed by atoms with van der Waals surface area (Å²) in [5.74, 6) is 0.840. The van der Waals surface area contributed by atoms with E-state index in [2.05, 4.69) is 5.32 Å². The number of carbonyl (C=O) groups is 2. The number of quaternary nitrogens is 1. The van der Waals surface area contributed by atoms with E-state index in [1.54, 1.807) is 7.11 Å². The molecule has 0 bridgehead atoms. The lowest BCUT2D eigenvalue weighted by Crippen LogP contribution is -2.59. The highest BCUT2D eigenvalue weighted by Gasteiger charge is 2.49. The van der Waals surface area contributed by atoms with Gasteiger partial charge in [-0.25, -0.2) is 0 Å². The molecular formula is C28H30N3O5+. The number of methoxy groups -OCH3 is 1. The zero-order chi connectivity index (χ0) is 25.3. The Kier molecular flexibility index (Phi) is 6.28. The number of likely N-dealkylation sites (N-methyl/N-ethyl adjacent to an activating group) is 1. The summed E-state index contributed by atoms with van der Waals surface area (Å²) in [5.41, 5.74) is 9.22. The van der Waals surface area contributed by atoms with Gasteiger partial charge in [-0.2, -0.15) is 0 Å². The minimum Gasteiger partial charge on any atom is -0.492 e. The molecular weight excluding hydrogens is 458 g/mol. The number of hydrogen-bond donors (Lipinski definition) is 2. The first kappa shape index (κ1) is 23.7. The molecule has 5 rings (SSSR count). The lowest BCUT2D eigenvalue weighted by Gasteiger charge is -2.44. The van der Waals surface area contributed by atoms with Crippen molar-refractivity contribution in [2.45, 2.75) is 18.5 Å². The summed E-state index contributed by atoms with van der Waals surface area (Å²) in [4.78, 5) is 26.4. The number of hydrogen-bond acceptors (Lipinski definition) is 5. The fourth-order valence-electron chi connectivity index (χ4n) is 5.42. The Balaban J connectivity index is 1.62. The Morgan fingerprint density at radius 3 is 2.31 bits per heavy atom. The molecule has 0 fully saturated rings. The molecule has 8 heteroatoms. The van der Waals surface area contributed by atoms with Gasteiger partial charge in [0.1, 0.15) is 0 Å². The number of amides is 2. The molecule has 2 unspecified atom stereocenters. The van der Waals surface area contributed by atoms with Crippen LogP contribution in [0.1, 0.15) is 34.3 Å². The van der Waals surface area contributed by atoms with E-state index in [9.17, 15) is 9.59 Å².